The fraction of sp³-hybridized carbons (Fsp3) is 0.154. The topological polar surface area (TPSA) is 33.5 Å². The standard InChI is InChI=1S/C13H9ClF3NO2/c1-18(12(19)11-3-2-6-20-11)10-7-8(13(15,16)17)4-5-9(10)14/h2-7H,1H3. The highest BCUT2D eigenvalue weighted by Crippen LogP contribution is 2.35. The van der Waals surface area contributed by atoms with Crippen LogP contribution in [0.4, 0.5) is 18.9 Å². The fourth-order valence-corrected chi connectivity index (χ4v) is 1.87. The van der Waals surface area contributed by atoms with Crippen LogP contribution in [-0.2, 0) is 6.18 Å². The third kappa shape index (κ3) is 2.80. The summed E-state index contributed by atoms with van der Waals surface area (Å²) in [5, 5.41) is 0.0420. The highest BCUT2D eigenvalue weighted by Gasteiger charge is 2.32. The van der Waals surface area contributed by atoms with Gasteiger partial charge in [0.25, 0.3) is 5.91 Å². The summed E-state index contributed by atoms with van der Waals surface area (Å²) in [5.41, 5.74) is -0.918. The van der Waals surface area contributed by atoms with E-state index in [4.69, 9.17) is 16.0 Å². The van der Waals surface area contributed by atoms with E-state index in [9.17, 15) is 18.0 Å². The number of alkyl halides is 3. The molecule has 0 bridgehead atoms. The summed E-state index contributed by atoms with van der Waals surface area (Å²) in [5.74, 6) is -0.572. The summed E-state index contributed by atoms with van der Waals surface area (Å²) >= 11 is 5.85. The Morgan fingerprint density at radius 1 is 1.30 bits per heavy atom. The number of rotatable bonds is 2. The molecule has 7 heteroatoms. The number of furan rings is 1. The molecule has 1 aromatic carbocycles. The molecule has 0 aliphatic rings. The van der Waals surface area contributed by atoms with Crippen LogP contribution < -0.4 is 4.90 Å². The van der Waals surface area contributed by atoms with Crippen LogP contribution in [0.25, 0.3) is 0 Å². The van der Waals surface area contributed by atoms with E-state index in [1.54, 1.807) is 0 Å². The van der Waals surface area contributed by atoms with E-state index < -0.39 is 17.6 Å². The van der Waals surface area contributed by atoms with Crippen molar-refractivity contribution in [3.8, 4) is 0 Å². The summed E-state index contributed by atoms with van der Waals surface area (Å²) < 4.78 is 42.9. The van der Waals surface area contributed by atoms with Crippen LogP contribution in [0.5, 0.6) is 0 Å². The van der Waals surface area contributed by atoms with Gasteiger partial charge in [-0.15, -0.1) is 0 Å². The molecular formula is C13H9ClF3NO2. The molecule has 0 aliphatic carbocycles. The zero-order valence-corrected chi connectivity index (χ0v) is 11.0. The maximum absolute atomic E-state index is 12.7. The second-order valence-electron chi connectivity index (χ2n) is 4.01. The van der Waals surface area contributed by atoms with E-state index in [0.29, 0.717) is 0 Å². The van der Waals surface area contributed by atoms with Crippen molar-refractivity contribution in [2.24, 2.45) is 0 Å². The first kappa shape index (κ1) is 14.5. The molecule has 0 saturated heterocycles. The van der Waals surface area contributed by atoms with Gasteiger partial charge in [0.2, 0.25) is 0 Å². The number of amides is 1. The lowest BCUT2D eigenvalue weighted by Gasteiger charge is -2.19. The molecular weight excluding hydrogens is 295 g/mol. The number of carbonyl (C=O) groups is 1. The zero-order valence-electron chi connectivity index (χ0n) is 10.2. The van der Waals surface area contributed by atoms with Crippen LogP contribution in [0.3, 0.4) is 0 Å². The SMILES string of the molecule is CN(C(=O)c1ccco1)c1cc(C(F)(F)F)ccc1Cl. The quantitative estimate of drug-likeness (QED) is 0.832. The van der Waals surface area contributed by atoms with Crippen molar-refractivity contribution in [3.63, 3.8) is 0 Å². The third-order valence-electron chi connectivity index (χ3n) is 2.67. The smallest absolute Gasteiger partial charge is 0.416 e. The molecule has 0 aliphatic heterocycles. The van der Waals surface area contributed by atoms with Crippen LogP contribution in [0.2, 0.25) is 5.02 Å². The maximum Gasteiger partial charge on any atom is 0.416 e. The molecule has 3 nitrogen and oxygen atoms in total. The Bertz CT molecular complexity index is 623. The van der Waals surface area contributed by atoms with Crippen LogP contribution in [-0.4, -0.2) is 13.0 Å². The molecule has 2 rings (SSSR count). The minimum absolute atomic E-state index is 0.0148. The van der Waals surface area contributed by atoms with Gasteiger partial charge in [-0.25, -0.2) is 0 Å². The van der Waals surface area contributed by atoms with Gasteiger partial charge in [-0.3, -0.25) is 4.79 Å². The summed E-state index contributed by atoms with van der Waals surface area (Å²) in [6.07, 6.45) is -3.21. The van der Waals surface area contributed by atoms with Crippen LogP contribution in [0.1, 0.15) is 16.1 Å². The van der Waals surface area contributed by atoms with Crippen molar-refractivity contribution in [2.75, 3.05) is 11.9 Å². The van der Waals surface area contributed by atoms with E-state index >= 15 is 0 Å². The summed E-state index contributed by atoms with van der Waals surface area (Å²) in [4.78, 5) is 13.0. The van der Waals surface area contributed by atoms with Gasteiger partial charge in [0.05, 0.1) is 22.5 Å². The molecule has 1 heterocycles. The van der Waals surface area contributed by atoms with E-state index in [-0.39, 0.29) is 16.5 Å². The number of benzene rings is 1. The van der Waals surface area contributed by atoms with Gasteiger partial charge in [0, 0.05) is 7.05 Å². The molecule has 1 amide bonds. The van der Waals surface area contributed by atoms with Gasteiger partial charge in [-0.05, 0) is 30.3 Å². The monoisotopic (exact) mass is 303 g/mol. The van der Waals surface area contributed by atoms with Crippen LogP contribution >= 0.6 is 11.6 Å². The molecule has 0 atom stereocenters. The van der Waals surface area contributed by atoms with Crippen molar-refractivity contribution in [1.82, 2.24) is 0 Å². The molecule has 0 unspecified atom stereocenters. The predicted molar refractivity (Wildman–Crippen MR) is 67.9 cm³/mol. The van der Waals surface area contributed by atoms with E-state index in [1.807, 2.05) is 0 Å². The first-order valence-electron chi connectivity index (χ1n) is 5.49. The van der Waals surface area contributed by atoms with Crippen molar-refractivity contribution < 1.29 is 22.4 Å². The van der Waals surface area contributed by atoms with Crippen molar-refractivity contribution in [2.45, 2.75) is 6.18 Å². The highest BCUT2D eigenvalue weighted by molar-refractivity contribution is 6.34. The Kier molecular flexibility index (Phi) is 3.76. The summed E-state index contributed by atoms with van der Waals surface area (Å²) in [7, 11) is 1.33. The highest BCUT2D eigenvalue weighted by atomic mass is 35.5. The number of hydrogen-bond donors (Lipinski definition) is 0. The molecule has 0 N–H and O–H groups in total. The maximum atomic E-state index is 12.7. The molecule has 20 heavy (non-hydrogen) atoms. The lowest BCUT2D eigenvalue weighted by Crippen LogP contribution is -2.26. The van der Waals surface area contributed by atoms with E-state index in [2.05, 4.69) is 0 Å². The molecule has 2 aromatic rings. The molecule has 0 fully saturated rings. The Morgan fingerprint density at radius 3 is 2.55 bits per heavy atom. The second-order valence-corrected chi connectivity index (χ2v) is 4.41. The Hall–Kier alpha value is -1.95. The summed E-state index contributed by atoms with van der Waals surface area (Å²) in [6, 6.07) is 5.71. The lowest BCUT2D eigenvalue weighted by molar-refractivity contribution is -0.137. The minimum Gasteiger partial charge on any atom is -0.459 e. The van der Waals surface area contributed by atoms with Gasteiger partial charge in [-0.2, -0.15) is 13.2 Å². The van der Waals surface area contributed by atoms with Gasteiger partial charge < -0.3 is 9.32 Å². The summed E-state index contributed by atoms with van der Waals surface area (Å²) in [6.45, 7) is 0. The number of anilines is 1. The third-order valence-corrected chi connectivity index (χ3v) is 2.99. The molecule has 0 radical (unpaired) electrons. The predicted octanol–water partition coefficient (Wildman–Crippen LogP) is 4.23. The zero-order chi connectivity index (χ0) is 14.9. The molecule has 1 aromatic heterocycles. The van der Waals surface area contributed by atoms with Gasteiger partial charge in [0.1, 0.15) is 0 Å². The molecule has 106 valence electrons. The van der Waals surface area contributed by atoms with E-state index in [0.717, 1.165) is 23.1 Å². The van der Waals surface area contributed by atoms with Crippen molar-refractivity contribution >= 4 is 23.2 Å². The largest absolute Gasteiger partial charge is 0.459 e. The fourth-order valence-electron chi connectivity index (χ4n) is 1.62. The van der Waals surface area contributed by atoms with Crippen LogP contribution in [0.15, 0.2) is 41.0 Å². The average molecular weight is 304 g/mol. The lowest BCUT2D eigenvalue weighted by atomic mass is 10.1. The minimum atomic E-state index is -4.51. The Labute approximate surface area is 117 Å². The van der Waals surface area contributed by atoms with Gasteiger partial charge >= 0.3 is 6.18 Å². The first-order valence-corrected chi connectivity index (χ1v) is 5.87. The van der Waals surface area contributed by atoms with E-state index in [1.165, 1.54) is 25.4 Å². The van der Waals surface area contributed by atoms with Crippen molar-refractivity contribution in [1.29, 1.82) is 0 Å². The number of nitrogens with zero attached hydrogens (tertiary/aromatic N) is 1. The second kappa shape index (κ2) is 5.20. The van der Waals surface area contributed by atoms with Gasteiger partial charge in [-0.1, -0.05) is 11.6 Å². The normalized spacial score (nSPS) is 11.4. The number of halogens is 4. The van der Waals surface area contributed by atoms with Crippen LogP contribution in [0, 0.1) is 0 Å². The van der Waals surface area contributed by atoms with Crippen molar-refractivity contribution in [3.05, 3.63) is 52.9 Å². The number of hydrogen-bond acceptors (Lipinski definition) is 2. The Morgan fingerprint density at radius 2 is 2.00 bits per heavy atom. The molecule has 0 spiro atoms. The average Bonchev–Trinajstić information content (AvgIpc) is 2.90. The van der Waals surface area contributed by atoms with Gasteiger partial charge in [0.15, 0.2) is 5.76 Å². The number of carbonyl (C=O) groups excluding carboxylic acids is 1. The molecule has 0 saturated carbocycles. The Balaban J connectivity index is 2.39. The first-order chi connectivity index (χ1) is 9.30.